The lowest BCUT2D eigenvalue weighted by molar-refractivity contribution is -0.000419. The lowest BCUT2D eigenvalue weighted by Crippen LogP contribution is -2.37. The van der Waals surface area contributed by atoms with Gasteiger partial charge in [-0.3, -0.25) is 0 Å². The molecule has 35 heavy (non-hydrogen) atoms. The number of nitrogens with one attached hydrogen (secondary N) is 1. The topological polar surface area (TPSA) is 119 Å². The molecule has 0 aromatic carbocycles. The fraction of sp³-hybridized carbons (Fsp3) is 0.500. The Morgan fingerprint density at radius 3 is 2.57 bits per heavy atom. The van der Waals surface area contributed by atoms with E-state index < -0.39 is 18.6 Å². The van der Waals surface area contributed by atoms with Gasteiger partial charge in [0.15, 0.2) is 11.5 Å². The number of aromatic nitrogens is 6. The number of alkyl halides is 2. The number of anilines is 2. The van der Waals surface area contributed by atoms with Crippen molar-refractivity contribution in [3.63, 3.8) is 0 Å². The second-order valence-electron chi connectivity index (χ2n) is 9.89. The standard InChI is InChI=1S/C24H30F2N8O/c1-13-28-18-9-8-17(30-22(18)33(13)12-19(25)26)16-10-11-34-20(16)21(27)31-23(32-34)29-15-6-4-14(5-7-15)24(2,3)35/h8-11,14-15,19,35H,4-7,12H2,1-3H3,(H3,27,29,31,32). The largest absolute Gasteiger partial charge is 0.390 e. The van der Waals surface area contributed by atoms with E-state index in [0.717, 1.165) is 25.7 Å². The van der Waals surface area contributed by atoms with Crippen molar-refractivity contribution in [3.8, 4) is 11.3 Å². The minimum Gasteiger partial charge on any atom is -0.390 e. The Hall–Kier alpha value is -3.34. The average Bonchev–Trinajstić information content (AvgIpc) is 3.34. The summed E-state index contributed by atoms with van der Waals surface area (Å²) in [6.07, 6.45) is 2.98. The van der Waals surface area contributed by atoms with Crippen LogP contribution in [0.4, 0.5) is 20.5 Å². The number of pyridine rings is 1. The molecule has 4 aromatic rings. The zero-order chi connectivity index (χ0) is 24.9. The molecule has 4 aromatic heterocycles. The number of rotatable bonds is 6. The van der Waals surface area contributed by atoms with E-state index in [9.17, 15) is 13.9 Å². The number of imidazole rings is 1. The summed E-state index contributed by atoms with van der Waals surface area (Å²) in [5, 5.41) is 18.2. The second-order valence-corrected chi connectivity index (χ2v) is 9.89. The Kier molecular flexibility index (Phi) is 5.82. The van der Waals surface area contributed by atoms with Crippen molar-refractivity contribution >= 4 is 28.4 Å². The lowest BCUT2D eigenvalue weighted by atomic mass is 9.77. The second kappa shape index (κ2) is 8.71. The van der Waals surface area contributed by atoms with Gasteiger partial charge in [-0.1, -0.05) is 0 Å². The van der Waals surface area contributed by atoms with Crippen molar-refractivity contribution in [2.24, 2.45) is 5.92 Å². The third-order valence-electron chi connectivity index (χ3n) is 6.98. The van der Waals surface area contributed by atoms with E-state index in [1.54, 1.807) is 29.8 Å². The zero-order valence-electron chi connectivity index (χ0n) is 20.0. The summed E-state index contributed by atoms with van der Waals surface area (Å²) in [7, 11) is 0. The highest BCUT2D eigenvalue weighted by Gasteiger charge is 2.31. The van der Waals surface area contributed by atoms with Gasteiger partial charge < -0.3 is 20.7 Å². The number of fused-ring (bicyclic) bond motifs is 2. The molecule has 5 rings (SSSR count). The fourth-order valence-corrected chi connectivity index (χ4v) is 5.07. The minimum atomic E-state index is -2.51. The van der Waals surface area contributed by atoms with Crippen molar-refractivity contribution < 1.29 is 13.9 Å². The molecule has 0 saturated heterocycles. The van der Waals surface area contributed by atoms with Crippen LogP contribution in [-0.2, 0) is 6.54 Å². The number of hydrogen-bond donors (Lipinski definition) is 3. The predicted molar refractivity (Wildman–Crippen MR) is 130 cm³/mol. The van der Waals surface area contributed by atoms with Crippen LogP contribution in [0.3, 0.4) is 0 Å². The van der Waals surface area contributed by atoms with Gasteiger partial charge in [0.05, 0.1) is 17.8 Å². The van der Waals surface area contributed by atoms with E-state index in [1.165, 1.54) is 4.57 Å². The number of nitrogens with two attached hydrogens (primary N) is 1. The summed E-state index contributed by atoms with van der Waals surface area (Å²) in [5.74, 6) is 1.51. The van der Waals surface area contributed by atoms with Crippen LogP contribution in [0.25, 0.3) is 27.9 Å². The van der Waals surface area contributed by atoms with Crippen molar-refractivity contribution in [3.05, 3.63) is 30.2 Å². The first-order chi connectivity index (χ1) is 16.6. The number of nitrogens with zero attached hydrogens (tertiary/aromatic N) is 6. The van der Waals surface area contributed by atoms with Gasteiger partial charge in [-0.2, -0.15) is 4.98 Å². The average molecular weight is 485 g/mol. The van der Waals surface area contributed by atoms with Crippen molar-refractivity contribution in [1.29, 1.82) is 0 Å². The molecule has 4 N–H and O–H groups in total. The molecule has 0 radical (unpaired) electrons. The fourth-order valence-electron chi connectivity index (χ4n) is 5.07. The molecular formula is C24H30F2N8O. The van der Waals surface area contributed by atoms with E-state index in [1.807, 2.05) is 19.9 Å². The molecule has 9 nitrogen and oxygen atoms in total. The third-order valence-corrected chi connectivity index (χ3v) is 6.98. The van der Waals surface area contributed by atoms with Crippen molar-refractivity contribution in [2.75, 3.05) is 11.1 Å². The van der Waals surface area contributed by atoms with Crippen LogP contribution in [0.1, 0.15) is 45.4 Å². The van der Waals surface area contributed by atoms with Crippen molar-refractivity contribution in [2.45, 2.75) is 71.1 Å². The number of aryl methyl sites for hydroxylation is 1. The van der Waals surface area contributed by atoms with Crippen molar-refractivity contribution in [1.82, 2.24) is 29.1 Å². The highest BCUT2D eigenvalue weighted by molar-refractivity contribution is 5.88. The quantitative estimate of drug-likeness (QED) is 0.378. The molecule has 1 saturated carbocycles. The normalized spacial score (nSPS) is 19.2. The Morgan fingerprint density at radius 2 is 1.89 bits per heavy atom. The molecular weight excluding hydrogens is 454 g/mol. The van der Waals surface area contributed by atoms with Gasteiger partial charge in [-0.25, -0.2) is 23.3 Å². The van der Waals surface area contributed by atoms with E-state index in [2.05, 4.69) is 25.4 Å². The zero-order valence-corrected chi connectivity index (χ0v) is 20.0. The van der Waals surface area contributed by atoms with Gasteiger partial charge in [0, 0.05) is 17.8 Å². The molecule has 4 heterocycles. The monoisotopic (exact) mass is 484 g/mol. The molecule has 0 atom stereocenters. The SMILES string of the molecule is Cc1nc2ccc(-c3ccn4nc(NC5CCC(C(C)(C)O)CC5)nc(N)c34)nc2n1CC(F)F. The predicted octanol–water partition coefficient (Wildman–Crippen LogP) is 4.04. The van der Waals surface area contributed by atoms with E-state index in [4.69, 9.17) is 5.73 Å². The Labute approximate surface area is 201 Å². The first kappa shape index (κ1) is 23.4. The summed E-state index contributed by atoms with van der Waals surface area (Å²) in [5.41, 5.74) is 8.54. The molecule has 0 amide bonds. The number of nitrogen functional groups attached to an aromatic ring is 1. The molecule has 0 spiro atoms. The summed E-state index contributed by atoms with van der Waals surface area (Å²) in [6, 6.07) is 5.62. The molecule has 1 aliphatic carbocycles. The van der Waals surface area contributed by atoms with Crippen LogP contribution < -0.4 is 11.1 Å². The lowest BCUT2D eigenvalue weighted by Gasteiger charge is -2.36. The van der Waals surface area contributed by atoms with Gasteiger partial charge in [0.25, 0.3) is 6.43 Å². The summed E-state index contributed by atoms with van der Waals surface area (Å²) < 4.78 is 29.3. The number of aliphatic hydroxyl groups is 1. The maximum Gasteiger partial charge on any atom is 0.256 e. The van der Waals surface area contributed by atoms with Crippen LogP contribution in [-0.4, -0.2) is 52.3 Å². The molecule has 1 aliphatic rings. The first-order valence-electron chi connectivity index (χ1n) is 11.9. The Morgan fingerprint density at radius 1 is 1.14 bits per heavy atom. The molecule has 0 unspecified atom stereocenters. The van der Waals surface area contributed by atoms with Gasteiger partial charge in [-0.15, -0.1) is 5.10 Å². The number of halogens is 2. The Balaban J connectivity index is 1.42. The van der Waals surface area contributed by atoms with E-state index in [-0.39, 0.29) is 12.0 Å². The smallest absolute Gasteiger partial charge is 0.256 e. The first-order valence-corrected chi connectivity index (χ1v) is 11.9. The maximum absolute atomic E-state index is 13.1. The van der Waals surface area contributed by atoms with Crippen LogP contribution in [0, 0.1) is 12.8 Å². The highest BCUT2D eigenvalue weighted by Crippen LogP contribution is 2.34. The Bertz CT molecular complexity index is 1370. The molecule has 0 bridgehead atoms. The molecule has 11 heteroatoms. The van der Waals surface area contributed by atoms with Gasteiger partial charge in [0.2, 0.25) is 5.95 Å². The van der Waals surface area contributed by atoms with E-state index in [0.29, 0.717) is 45.5 Å². The summed E-state index contributed by atoms with van der Waals surface area (Å²) in [6.45, 7) is 4.96. The molecule has 186 valence electrons. The molecule has 0 aliphatic heterocycles. The van der Waals surface area contributed by atoms with Gasteiger partial charge in [0.1, 0.15) is 16.9 Å². The maximum atomic E-state index is 13.1. The van der Waals surface area contributed by atoms with Crippen LogP contribution in [0.15, 0.2) is 24.4 Å². The van der Waals surface area contributed by atoms with E-state index >= 15 is 0 Å². The van der Waals surface area contributed by atoms with Crippen LogP contribution in [0.5, 0.6) is 0 Å². The molecule has 1 fully saturated rings. The van der Waals surface area contributed by atoms with Gasteiger partial charge >= 0.3 is 0 Å². The van der Waals surface area contributed by atoms with Crippen LogP contribution in [0.2, 0.25) is 0 Å². The summed E-state index contributed by atoms with van der Waals surface area (Å²) >= 11 is 0. The third kappa shape index (κ3) is 4.52. The highest BCUT2D eigenvalue weighted by atomic mass is 19.3. The summed E-state index contributed by atoms with van der Waals surface area (Å²) in [4.78, 5) is 13.5. The van der Waals surface area contributed by atoms with Crippen LogP contribution >= 0.6 is 0 Å². The van der Waals surface area contributed by atoms with Gasteiger partial charge in [-0.05, 0) is 70.6 Å². The number of hydrogen-bond acceptors (Lipinski definition) is 7. The minimum absolute atomic E-state index is 0.211.